The van der Waals surface area contributed by atoms with Crippen molar-refractivity contribution in [2.24, 2.45) is 0 Å². The number of nitrogens with zero attached hydrogens (tertiary/aromatic N) is 5. The average Bonchev–Trinajstić information content (AvgIpc) is 4.14. The van der Waals surface area contributed by atoms with E-state index in [1.54, 1.807) is 0 Å². The minimum Gasteiger partial charge on any atom is -0.456 e. The number of hydrogen-bond acceptors (Lipinski definition) is 3. The molecule has 0 atom stereocenters. The van der Waals surface area contributed by atoms with Crippen LogP contribution in [0, 0.1) is 0 Å². The monoisotopic (exact) mass is 821 g/mol. The fraction of sp³-hybridized carbons (Fsp3) is 0. The second-order valence-electron chi connectivity index (χ2n) is 16.2. The van der Waals surface area contributed by atoms with E-state index in [9.17, 15) is 2.74 Å². The molecule has 298 valence electrons. The standard InChI is InChI=1S/C58H35N5O/c1-8-26-46-36(17-1)37-18-2-9-27-47(37)61(46)52-32-15-24-43(42-25-16-34-54-56(42)44-23-7-14-33-53(44)64-54)57(52)45-35-55(62-48-28-10-3-19-38(48)39-20-4-11-29-49(39)62)60-58(59-45)63-50-30-12-5-21-40(50)41-22-6-13-31-51(41)63/h1-35H/i5D,12D,21D,30D. The molecule has 0 bridgehead atoms. The molecule has 0 spiro atoms. The average molecular weight is 822 g/mol. The summed E-state index contributed by atoms with van der Waals surface area (Å²) in [6.45, 7) is 0. The van der Waals surface area contributed by atoms with Gasteiger partial charge in [0.2, 0.25) is 5.95 Å². The first kappa shape index (κ1) is 31.2. The summed E-state index contributed by atoms with van der Waals surface area (Å²) in [4.78, 5) is 11.1. The zero-order valence-corrected chi connectivity index (χ0v) is 34.0. The topological polar surface area (TPSA) is 53.7 Å². The van der Waals surface area contributed by atoms with Gasteiger partial charge in [-0.2, -0.15) is 4.98 Å². The highest BCUT2D eigenvalue weighted by Crippen LogP contribution is 2.45. The van der Waals surface area contributed by atoms with Crippen molar-refractivity contribution >= 4 is 87.4 Å². The lowest BCUT2D eigenvalue weighted by Gasteiger charge is -2.20. The molecule has 0 fully saturated rings. The molecule has 0 saturated heterocycles. The highest BCUT2D eigenvalue weighted by molar-refractivity contribution is 6.16. The number of aromatic nitrogens is 5. The molecule has 5 heterocycles. The van der Waals surface area contributed by atoms with Crippen molar-refractivity contribution in [1.29, 1.82) is 0 Å². The van der Waals surface area contributed by atoms with E-state index >= 15 is 0 Å². The summed E-state index contributed by atoms with van der Waals surface area (Å²) in [7, 11) is 0. The molecule has 14 aromatic rings. The van der Waals surface area contributed by atoms with E-state index in [1.807, 2.05) is 71.3 Å². The van der Waals surface area contributed by atoms with Crippen LogP contribution in [-0.4, -0.2) is 23.7 Å². The number of hydrogen-bond donors (Lipinski definition) is 0. The first-order chi connectivity index (χ1) is 33.4. The van der Waals surface area contributed by atoms with Gasteiger partial charge in [-0.05, 0) is 65.7 Å². The smallest absolute Gasteiger partial charge is 0.237 e. The molecule has 6 heteroatoms. The molecule has 0 aliphatic carbocycles. The van der Waals surface area contributed by atoms with E-state index in [1.165, 1.54) is 0 Å². The molecule has 0 aliphatic rings. The molecular weight excluding hydrogens is 783 g/mol. The van der Waals surface area contributed by atoms with E-state index in [2.05, 4.69) is 130 Å². The third kappa shape index (κ3) is 4.90. The fourth-order valence-corrected chi connectivity index (χ4v) is 10.2. The van der Waals surface area contributed by atoms with Crippen LogP contribution in [0.25, 0.3) is 127 Å². The maximum absolute atomic E-state index is 9.45. The van der Waals surface area contributed by atoms with Crippen molar-refractivity contribution in [1.82, 2.24) is 23.7 Å². The number of benzene rings is 9. The molecule has 0 unspecified atom stereocenters. The van der Waals surface area contributed by atoms with Gasteiger partial charge in [0.25, 0.3) is 0 Å². The third-order valence-electron chi connectivity index (χ3n) is 12.8. The first-order valence-corrected chi connectivity index (χ1v) is 21.3. The Balaban J connectivity index is 1.19. The summed E-state index contributed by atoms with van der Waals surface area (Å²) < 4.78 is 49.2. The Morgan fingerprint density at radius 3 is 1.55 bits per heavy atom. The molecule has 0 amide bonds. The van der Waals surface area contributed by atoms with Gasteiger partial charge in [0.05, 0.1) is 50.0 Å². The van der Waals surface area contributed by atoms with Gasteiger partial charge >= 0.3 is 0 Å². The van der Waals surface area contributed by atoms with Crippen molar-refractivity contribution in [3.05, 3.63) is 212 Å². The molecule has 9 aromatic carbocycles. The largest absolute Gasteiger partial charge is 0.456 e. The van der Waals surface area contributed by atoms with Crippen LogP contribution in [0.4, 0.5) is 0 Å². The minimum absolute atomic E-state index is 0.117. The summed E-state index contributed by atoms with van der Waals surface area (Å²) in [5.41, 5.74) is 10.7. The van der Waals surface area contributed by atoms with E-state index in [0.717, 1.165) is 87.9 Å². The summed E-state index contributed by atoms with van der Waals surface area (Å²) in [6, 6.07) is 63.2. The lowest BCUT2D eigenvalue weighted by molar-refractivity contribution is 0.669. The second-order valence-corrected chi connectivity index (χ2v) is 16.2. The second kappa shape index (κ2) is 13.4. The highest BCUT2D eigenvalue weighted by atomic mass is 16.3. The van der Waals surface area contributed by atoms with Crippen molar-refractivity contribution in [2.45, 2.75) is 0 Å². The number of fused-ring (bicyclic) bond motifs is 12. The summed E-state index contributed by atoms with van der Waals surface area (Å²) in [5.74, 6) is 0.842. The molecule has 0 aliphatic heterocycles. The Labute approximate surface area is 371 Å². The lowest BCUT2D eigenvalue weighted by Crippen LogP contribution is -2.09. The van der Waals surface area contributed by atoms with E-state index in [4.69, 9.17) is 17.1 Å². The van der Waals surface area contributed by atoms with Crippen LogP contribution in [0.1, 0.15) is 5.48 Å². The van der Waals surface area contributed by atoms with Gasteiger partial charge in [-0.15, -0.1) is 0 Å². The maximum atomic E-state index is 9.45. The lowest BCUT2D eigenvalue weighted by atomic mass is 9.92. The molecule has 64 heavy (non-hydrogen) atoms. The summed E-state index contributed by atoms with van der Waals surface area (Å²) in [6.07, 6.45) is 0. The predicted octanol–water partition coefficient (Wildman–Crippen LogP) is 15.0. The van der Waals surface area contributed by atoms with Gasteiger partial charge in [-0.1, -0.05) is 152 Å². The zero-order chi connectivity index (χ0) is 45.4. The maximum Gasteiger partial charge on any atom is 0.237 e. The van der Waals surface area contributed by atoms with Crippen molar-refractivity contribution < 1.29 is 9.90 Å². The fourth-order valence-electron chi connectivity index (χ4n) is 10.2. The predicted molar refractivity (Wildman–Crippen MR) is 263 cm³/mol. The normalized spacial score (nSPS) is 12.9. The molecule has 0 radical (unpaired) electrons. The Morgan fingerprint density at radius 1 is 0.391 bits per heavy atom. The Hall–Kier alpha value is -8.74. The van der Waals surface area contributed by atoms with Crippen LogP contribution in [0.3, 0.4) is 0 Å². The van der Waals surface area contributed by atoms with Crippen molar-refractivity contribution in [3.8, 4) is 39.8 Å². The Bertz CT molecular complexity index is 4360. The van der Waals surface area contributed by atoms with Crippen LogP contribution < -0.4 is 0 Å². The van der Waals surface area contributed by atoms with Crippen LogP contribution in [0.15, 0.2) is 217 Å². The zero-order valence-electron chi connectivity index (χ0n) is 38.0. The number of rotatable bonds is 5. The Morgan fingerprint density at radius 2 is 0.891 bits per heavy atom. The van der Waals surface area contributed by atoms with E-state index in [-0.39, 0.29) is 30.1 Å². The van der Waals surface area contributed by atoms with Gasteiger partial charge in [0.15, 0.2) is 0 Å². The molecule has 0 saturated carbocycles. The van der Waals surface area contributed by atoms with Crippen molar-refractivity contribution in [3.63, 3.8) is 0 Å². The summed E-state index contributed by atoms with van der Waals surface area (Å²) >= 11 is 0. The van der Waals surface area contributed by atoms with E-state index in [0.29, 0.717) is 33.3 Å². The third-order valence-corrected chi connectivity index (χ3v) is 12.8. The van der Waals surface area contributed by atoms with Crippen molar-refractivity contribution in [2.75, 3.05) is 0 Å². The molecule has 0 N–H and O–H groups in total. The van der Waals surface area contributed by atoms with Gasteiger partial charge in [-0.25, -0.2) is 4.98 Å². The molecule has 14 rings (SSSR count). The van der Waals surface area contributed by atoms with Gasteiger partial charge in [0, 0.05) is 54.7 Å². The van der Waals surface area contributed by atoms with Gasteiger partial charge in [0.1, 0.15) is 17.0 Å². The van der Waals surface area contributed by atoms with E-state index < -0.39 is 0 Å². The summed E-state index contributed by atoms with van der Waals surface area (Å²) in [5, 5.41) is 7.45. The molecular formula is C58H35N5O. The number of furan rings is 1. The molecule has 5 aromatic heterocycles. The highest BCUT2D eigenvalue weighted by Gasteiger charge is 2.25. The SMILES string of the molecule is [2H]c1c([2H])c([2H])c2c(c1[2H])c1ccccc1n2-c1nc(-c2c(-c3cccc4oc5ccccc5c34)cccc2-n2c3ccccc3c3ccccc32)cc(-n2c3ccccc3c3ccccc32)n1. The van der Waals surface area contributed by atoms with Gasteiger partial charge < -0.3 is 8.98 Å². The van der Waals surface area contributed by atoms with Crippen LogP contribution in [0.2, 0.25) is 0 Å². The van der Waals surface area contributed by atoms with Crippen LogP contribution in [0.5, 0.6) is 0 Å². The Kier molecular flexibility index (Phi) is 6.51. The number of para-hydroxylation sites is 7. The first-order valence-electron chi connectivity index (χ1n) is 23.3. The molecule has 6 nitrogen and oxygen atoms in total. The van der Waals surface area contributed by atoms with Crippen LogP contribution in [-0.2, 0) is 0 Å². The van der Waals surface area contributed by atoms with Crippen LogP contribution >= 0.6 is 0 Å². The minimum atomic E-state index is -0.329. The van der Waals surface area contributed by atoms with Gasteiger partial charge in [-0.3, -0.25) is 9.13 Å². The quantitative estimate of drug-likeness (QED) is 0.174.